The van der Waals surface area contributed by atoms with Crippen LogP contribution in [0.2, 0.25) is 0 Å². The second-order valence-electron chi connectivity index (χ2n) is 5.26. The van der Waals surface area contributed by atoms with E-state index < -0.39 is 5.97 Å². The number of hydrogen-bond donors (Lipinski definition) is 1. The quantitative estimate of drug-likeness (QED) is 0.878. The van der Waals surface area contributed by atoms with Gasteiger partial charge in [-0.05, 0) is 37.0 Å². The van der Waals surface area contributed by atoms with E-state index in [4.69, 9.17) is 0 Å². The van der Waals surface area contributed by atoms with Gasteiger partial charge in [0.2, 0.25) is 0 Å². The highest BCUT2D eigenvalue weighted by Gasteiger charge is 2.23. The van der Waals surface area contributed by atoms with Crippen LogP contribution in [-0.2, 0) is 7.05 Å². The van der Waals surface area contributed by atoms with Crippen LogP contribution in [0.3, 0.4) is 0 Å². The summed E-state index contributed by atoms with van der Waals surface area (Å²) >= 11 is 0. The molecule has 0 aliphatic rings. The number of benzene rings is 1. The van der Waals surface area contributed by atoms with Crippen LogP contribution in [0.15, 0.2) is 12.1 Å². The lowest BCUT2D eigenvalue weighted by Crippen LogP contribution is -2.08. The van der Waals surface area contributed by atoms with Crippen LogP contribution in [0.5, 0.6) is 0 Å². The van der Waals surface area contributed by atoms with Crippen molar-refractivity contribution >= 4 is 16.9 Å². The van der Waals surface area contributed by atoms with Gasteiger partial charge in [-0.2, -0.15) is 0 Å². The van der Waals surface area contributed by atoms with Gasteiger partial charge in [-0.1, -0.05) is 25.5 Å². The molecule has 2 aromatic rings. The Morgan fingerprint density at radius 1 is 1.28 bits per heavy atom. The van der Waals surface area contributed by atoms with Crippen LogP contribution in [0.4, 0.5) is 0 Å². The molecule has 0 atom stereocenters. The lowest BCUT2D eigenvalue weighted by Gasteiger charge is -2.06. The molecule has 0 radical (unpaired) electrons. The molecular formula is C15H19NO2. The van der Waals surface area contributed by atoms with Crippen LogP contribution in [0.25, 0.3) is 10.9 Å². The molecular weight excluding hydrogens is 226 g/mol. The molecule has 96 valence electrons. The zero-order valence-corrected chi connectivity index (χ0v) is 11.5. The number of hydrogen-bond acceptors (Lipinski definition) is 1. The van der Waals surface area contributed by atoms with E-state index in [0.717, 1.165) is 22.0 Å². The molecule has 0 saturated heterocycles. The summed E-state index contributed by atoms with van der Waals surface area (Å²) in [4.78, 5) is 11.5. The molecule has 0 unspecified atom stereocenters. The number of fused-ring (bicyclic) bond motifs is 1. The van der Waals surface area contributed by atoms with Crippen LogP contribution in [0.1, 0.15) is 46.9 Å². The van der Waals surface area contributed by atoms with Crippen molar-refractivity contribution in [2.45, 2.75) is 33.6 Å². The number of carboxylic acid groups (broad SMARTS) is 1. The maximum Gasteiger partial charge on any atom is 0.352 e. The van der Waals surface area contributed by atoms with Crippen molar-refractivity contribution in [3.05, 3.63) is 34.5 Å². The predicted octanol–water partition coefficient (Wildman–Crippen LogP) is 3.62. The molecule has 0 aliphatic heterocycles. The zero-order valence-electron chi connectivity index (χ0n) is 11.5. The Bertz CT molecular complexity index is 636. The SMILES string of the molecule is Cc1cc(C)c2c(c1)c(C(C)C)c(C(=O)O)n2C. The number of rotatable bonds is 2. The first kappa shape index (κ1) is 12.7. The summed E-state index contributed by atoms with van der Waals surface area (Å²) in [6.45, 7) is 8.16. The Balaban J connectivity index is 3.01. The molecule has 2 rings (SSSR count). The van der Waals surface area contributed by atoms with Gasteiger partial charge in [-0.3, -0.25) is 0 Å². The van der Waals surface area contributed by atoms with Crippen molar-refractivity contribution in [3.63, 3.8) is 0 Å². The second kappa shape index (κ2) is 4.16. The number of carbonyl (C=O) groups is 1. The molecule has 1 aromatic carbocycles. The van der Waals surface area contributed by atoms with Gasteiger partial charge in [0.25, 0.3) is 0 Å². The highest BCUT2D eigenvalue weighted by Crippen LogP contribution is 2.33. The highest BCUT2D eigenvalue weighted by atomic mass is 16.4. The van der Waals surface area contributed by atoms with E-state index in [0.29, 0.717) is 5.69 Å². The molecule has 0 aliphatic carbocycles. The molecule has 0 amide bonds. The smallest absolute Gasteiger partial charge is 0.352 e. The van der Waals surface area contributed by atoms with Crippen molar-refractivity contribution in [3.8, 4) is 0 Å². The predicted molar refractivity (Wildman–Crippen MR) is 73.4 cm³/mol. The van der Waals surface area contributed by atoms with Gasteiger partial charge in [-0.15, -0.1) is 0 Å². The molecule has 0 fully saturated rings. The Kier molecular flexibility index (Phi) is 2.93. The third-order valence-electron chi connectivity index (χ3n) is 3.44. The lowest BCUT2D eigenvalue weighted by molar-refractivity contribution is 0.0685. The molecule has 0 saturated carbocycles. The summed E-state index contributed by atoms with van der Waals surface area (Å²) in [5.74, 6) is -0.657. The minimum atomic E-state index is -0.852. The lowest BCUT2D eigenvalue weighted by atomic mass is 9.97. The van der Waals surface area contributed by atoms with Gasteiger partial charge in [0, 0.05) is 12.4 Å². The average Bonchev–Trinajstić information content (AvgIpc) is 2.51. The Morgan fingerprint density at radius 3 is 2.39 bits per heavy atom. The fraction of sp³-hybridized carbons (Fsp3) is 0.400. The first-order valence-electron chi connectivity index (χ1n) is 6.17. The molecule has 1 heterocycles. The minimum Gasteiger partial charge on any atom is -0.477 e. The summed E-state index contributed by atoms with van der Waals surface area (Å²) < 4.78 is 1.81. The summed E-state index contributed by atoms with van der Waals surface area (Å²) in [6.07, 6.45) is 0. The summed E-state index contributed by atoms with van der Waals surface area (Å²) in [5.41, 5.74) is 4.67. The number of aromatic carboxylic acids is 1. The number of aromatic nitrogens is 1. The minimum absolute atomic E-state index is 0.195. The Labute approximate surface area is 107 Å². The van der Waals surface area contributed by atoms with E-state index in [-0.39, 0.29) is 5.92 Å². The molecule has 0 bridgehead atoms. The Morgan fingerprint density at radius 2 is 1.89 bits per heavy atom. The fourth-order valence-electron chi connectivity index (χ4n) is 2.87. The maximum atomic E-state index is 11.5. The van der Waals surface area contributed by atoms with Crippen LogP contribution in [-0.4, -0.2) is 15.6 Å². The standard InChI is InChI=1S/C15H19NO2/c1-8(2)12-11-7-9(3)6-10(4)13(11)16(5)14(12)15(17)18/h6-8H,1-5H3,(H,17,18). The van der Waals surface area contributed by atoms with Crippen molar-refractivity contribution in [2.24, 2.45) is 7.05 Å². The maximum absolute atomic E-state index is 11.5. The molecule has 18 heavy (non-hydrogen) atoms. The first-order valence-corrected chi connectivity index (χ1v) is 6.17. The number of aryl methyl sites for hydroxylation is 3. The normalized spacial score (nSPS) is 11.4. The van der Waals surface area contributed by atoms with E-state index in [1.807, 2.05) is 39.3 Å². The molecule has 1 aromatic heterocycles. The van der Waals surface area contributed by atoms with Crippen molar-refractivity contribution in [1.29, 1.82) is 0 Å². The van der Waals surface area contributed by atoms with Crippen LogP contribution >= 0.6 is 0 Å². The molecule has 0 spiro atoms. The van der Waals surface area contributed by atoms with Gasteiger partial charge in [0.15, 0.2) is 0 Å². The third-order valence-corrected chi connectivity index (χ3v) is 3.44. The molecule has 3 heteroatoms. The van der Waals surface area contributed by atoms with Gasteiger partial charge in [0.1, 0.15) is 5.69 Å². The zero-order chi connectivity index (χ0) is 13.6. The monoisotopic (exact) mass is 245 g/mol. The van der Waals surface area contributed by atoms with Gasteiger partial charge in [0.05, 0.1) is 5.52 Å². The van der Waals surface area contributed by atoms with Crippen molar-refractivity contribution in [1.82, 2.24) is 4.57 Å². The summed E-state index contributed by atoms with van der Waals surface area (Å²) in [7, 11) is 1.83. The van der Waals surface area contributed by atoms with E-state index in [2.05, 4.69) is 12.1 Å². The van der Waals surface area contributed by atoms with E-state index in [1.165, 1.54) is 5.56 Å². The van der Waals surface area contributed by atoms with E-state index in [9.17, 15) is 9.90 Å². The fourth-order valence-corrected chi connectivity index (χ4v) is 2.87. The van der Waals surface area contributed by atoms with Crippen molar-refractivity contribution < 1.29 is 9.90 Å². The largest absolute Gasteiger partial charge is 0.477 e. The van der Waals surface area contributed by atoms with Gasteiger partial charge >= 0.3 is 5.97 Å². The summed E-state index contributed by atoms with van der Waals surface area (Å²) in [6, 6.07) is 4.18. The first-order chi connectivity index (χ1) is 8.34. The third kappa shape index (κ3) is 1.70. The number of carboxylic acids is 1. The van der Waals surface area contributed by atoms with Gasteiger partial charge in [-0.25, -0.2) is 4.79 Å². The van der Waals surface area contributed by atoms with Crippen LogP contribution < -0.4 is 0 Å². The van der Waals surface area contributed by atoms with E-state index >= 15 is 0 Å². The average molecular weight is 245 g/mol. The summed E-state index contributed by atoms with van der Waals surface area (Å²) in [5, 5.41) is 10.5. The van der Waals surface area contributed by atoms with Crippen LogP contribution in [0, 0.1) is 13.8 Å². The highest BCUT2D eigenvalue weighted by molar-refractivity contribution is 5.99. The molecule has 3 nitrogen and oxygen atoms in total. The van der Waals surface area contributed by atoms with Crippen molar-refractivity contribution in [2.75, 3.05) is 0 Å². The van der Waals surface area contributed by atoms with Gasteiger partial charge < -0.3 is 9.67 Å². The number of nitrogens with zero attached hydrogens (tertiary/aromatic N) is 1. The topological polar surface area (TPSA) is 42.2 Å². The second-order valence-corrected chi connectivity index (χ2v) is 5.26. The van der Waals surface area contributed by atoms with E-state index in [1.54, 1.807) is 0 Å². The Hall–Kier alpha value is -1.77. The molecule has 1 N–H and O–H groups in total.